The number of benzene rings is 2. The summed E-state index contributed by atoms with van der Waals surface area (Å²) in [6, 6.07) is 16.0. The van der Waals surface area contributed by atoms with Crippen molar-refractivity contribution in [2.45, 2.75) is 13.0 Å². The van der Waals surface area contributed by atoms with Gasteiger partial charge in [-0.15, -0.1) is 0 Å². The van der Waals surface area contributed by atoms with E-state index in [9.17, 15) is 4.79 Å². The van der Waals surface area contributed by atoms with Gasteiger partial charge in [0.2, 0.25) is 0 Å². The lowest BCUT2D eigenvalue weighted by Gasteiger charge is -2.30. The summed E-state index contributed by atoms with van der Waals surface area (Å²) in [5.41, 5.74) is 3.10. The highest BCUT2D eigenvalue weighted by atomic mass is 16.5. The molecular formula is C20H21NO3. The lowest BCUT2D eigenvalue weighted by Crippen LogP contribution is -2.28. The second-order valence-corrected chi connectivity index (χ2v) is 5.72. The van der Waals surface area contributed by atoms with Crippen molar-refractivity contribution in [3.8, 4) is 11.5 Å². The molecule has 0 fully saturated rings. The first-order valence-corrected chi connectivity index (χ1v) is 7.97. The minimum Gasteiger partial charge on any atom is -0.493 e. The number of ketones is 1. The van der Waals surface area contributed by atoms with Crippen molar-refractivity contribution in [3.05, 3.63) is 65.7 Å². The predicted octanol–water partition coefficient (Wildman–Crippen LogP) is 3.52. The van der Waals surface area contributed by atoms with Crippen molar-refractivity contribution in [2.75, 3.05) is 20.8 Å². The van der Waals surface area contributed by atoms with Crippen LogP contribution in [0.4, 0.5) is 0 Å². The number of methoxy groups -OCH3 is 2. The summed E-state index contributed by atoms with van der Waals surface area (Å²) in [6.07, 6.45) is 2.28. The van der Waals surface area contributed by atoms with Crippen molar-refractivity contribution >= 4 is 11.5 Å². The molecule has 0 atom stereocenters. The zero-order valence-electron chi connectivity index (χ0n) is 14.0. The van der Waals surface area contributed by atoms with Crippen LogP contribution in [0, 0.1) is 0 Å². The Morgan fingerprint density at radius 3 is 2.46 bits per heavy atom. The number of allylic oxidation sites excluding steroid dienone is 1. The Balaban J connectivity index is 1.94. The molecule has 2 aromatic rings. The van der Waals surface area contributed by atoms with Gasteiger partial charge < -0.3 is 14.4 Å². The van der Waals surface area contributed by atoms with E-state index in [1.807, 2.05) is 36.4 Å². The van der Waals surface area contributed by atoms with Gasteiger partial charge in [-0.1, -0.05) is 30.3 Å². The third-order valence-electron chi connectivity index (χ3n) is 4.16. The molecule has 124 valence electrons. The van der Waals surface area contributed by atoms with Gasteiger partial charge in [0.15, 0.2) is 17.3 Å². The molecule has 24 heavy (non-hydrogen) atoms. The predicted molar refractivity (Wildman–Crippen MR) is 94.0 cm³/mol. The zero-order chi connectivity index (χ0) is 16.9. The van der Waals surface area contributed by atoms with Gasteiger partial charge in [0.05, 0.1) is 14.2 Å². The highest BCUT2D eigenvalue weighted by Crippen LogP contribution is 2.33. The van der Waals surface area contributed by atoms with Crippen LogP contribution >= 0.6 is 0 Å². The van der Waals surface area contributed by atoms with Gasteiger partial charge in [-0.05, 0) is 23.8 Å². The fourth-order valence-electron chi connectivity index (χ4n) is 2.91. The van der Waals surface area contributed by atoms with Crippen LogP contribution in [0.1, 0.15) is 17.5 Å². The summed E-state index contributed by atoms with van der Waals surface area (Å²) < 4.78 is 10.7. The molecule has 2 aromatic carbocycles. The average Bonchev–Trinajstić information content (AvgIpc) is 2.63. The van der Waals surface area contributed by atoms with Crippen molar-refractivity contribution < 1.29 is 14.3 Å². The molecule has 3 rings (SSSR count). The van der Waals surface area contributed by atoms with Gasteiger partial charge in [-0.3, -0.25) is 4.79 Å². The summed E-state index contributed by atoms with van der Waals surface area (Å²) >= 11 is 0. The highest BCUT2D eigenvalue weighted by Gasteiger charge is 2.20. The molecule has 0 N–H and O–H groups in total. The van der Waals surface area contributed by atoms with Crippen LogP contribution in [0.2, 0.25) is 0 Å². The molecule has 1 aliphatic rings. The monoisotopic (exact) mass is 323 g/mol. The summed E-state index contributed by atoms with van der Waals surface area (Å²) in [7, 11) is 3.23. The van der Waals surface area contributed by atoms with E-state index >= 15 is 0 Å². The maximum Gasteiger partial charge on any atom is 0.161 e. The summed E-state index contributed by atoms with van der Waals surface area (Å²) in [5.74, 6) is 1.50. The maximum absolute atomic E-state index is 12.0. The van der Waals surface area contributed by atoms with E-state index in [2.05, 4.69) is 17.0 Å². The van der Waals surface area contributed by atoms with E-state index in [4.69, 9.17) is 9.47 Å². The second kappa shape index (κ2) is 7.21. The SMILES string of the molecule is COc1ccc(C2=CC(=O)CCN2Cc2ccccc2)cc1OC. The van der Waals surface area contributed by atoms with Crippen LogP contribution < -0.4 is 9.47 Å². The lowest BCUT2D eigenvalue weighted by atomic mass is 10.0. The van der Waals surface area contributed by atoms with Crippen molar-refractivity contribution in [3.63, 3.8) is 0 Å². The Bertz CT molecular complexity index is 753. The zero-order valence-corrected chi connectivity index (χ0v) is 14.0. The van der Waals surface area contributed by atoms with Gasteiger partial charge in [0.25, 0.3) is 0 Å². The van der Waals surface area contributed by atoms with Gasteiger partial charge in [-0.2, -0.15) is 0 Å². The molecule has 1 aliphatic heterocycles. The molecule has 0 aromatic heterocycles. The quantitative estimate of drug-likeness (QED) is 0.844. The summed E-state index contributed by atoms with van der Waals surface area (Å²) in [4.78, 5) is 14.2. The standard InChI is InChI=1S/C20H21NO3/c1-23-19-9-8-16(12-20(19)24-2)18-13-17(22)10-11-21(18)14-15-6-4-3-5-7-15/h3-9,12-13H,10-11,14H2,1-2H3. The fraction of sp³-hybridized carbons (Fsp3) is 0.250. The average molecular weight is 323 g/mol. The van der Waals surface area contributed by atoms with Gasteiger partial charge in [-0.25, -0.2) is 0 Å². The molecular weight excluding hydrogens is 302 g/mol. The van der Waals surface area contributed by atoms with Crippen LogP contribution in [0.5, 0.6) is 11.5 Å². The van der Waals surface area contributed by atoms with Crippen molar-refractivity contribution in [1.82, 2.24) is 4.90 Å². The molecule has 1 heterocycles. The number of hydrogen-bond donors (Lipinski definition) is 0. The second-order valence-electron chi connectivity index (χ2n) is 5.72. The normalized spacial score (nSPS) is 14.3. The molecule has 0 aliphatic carbocycles. The minimum atomic E-state index is 0.157. The topological polar surface area (TPSA) is 38.8 Å². The van der Waals surface area contributed by atoms with E-state index in [-0.39, 0.29) is 5.78 Å². The van der Waals surface area contributed by atoms with Crippen molar-refractivity contribution in [2.24, 2.45) is 0 Å². The van der Waals surface area contributed by atoms with Crippen LogP contribution in [0.15, 0.2) is 54.6 Å². The Morgan fingerprint density at radius 2 is 1.75 bits per heavy atom. The van der Waals surface area contributed by atoms with Gasteiger partial charge in [0, 0.05) is 36.8 Å². The van der Waals surface area contributed by atoms with Crippen LogP contribution in [-0.2, 0) is 11.3 Å². The lowest BCUT2D eigenvalue weighted by molar-refractivity contribution is -0.115. The number of hydrogen-bond acceptors (Lipinski definition) is 4. The Kier molecular flexibility index (Phi) is 4.85. The number of rotatable bonds is 5. The number of carbonyl (C=O) groups excluding carboxylic acids is 1. The molecule has 0 saturated carbocycles. The molecule has 4 nitrogen and oxygen atoms in total. The first kappa shape index (κ1) is 16.1. The summed E-state index contributed by atoms with van der Waals surface area (Å²) in [6.45, 7) is 1.49. The molecule has 0 saturated heterocycles. The molecule has 0 bridgehead atoms. The van der Waals surface area contributed by atoms with Gasteiger partial charge in [0.1, 0.15) is 0 Å². The third-order valence-corrected chi connectivity index (χ3v) is 4.16. The maximum atomic E-state index is 12.0. The van der Waals surface area contributed by atoms with Crippen molar-refractivity contribution in [1.29, 1.82) is 0 Å². The molecule has 0 radical (unpaired) electrons. The molecule has 0 spiro atoms. The third kappa shape index (κ3) is 3.43. The largest absolute Gasteiger partial charge is 0.493 e. The van der Waals surface area contributed by atoms with Crippen LogP contribution in [-0.4, -0.2) is 31.4 Å². The molecule has 0 unspecified atom stereocenters. The van der Waals surface area contributed by atoms with Crippen LogP contribution in [0.25, 0.3) is 5.70 Å². The van der Waals surface area contributed by atoms with Crippen LogP contribution in [0.3, 0.4) is 0 Å². The smallest absolute Gasteiger partial charge is 0.161 e. The first-order chi connectivity index (χ1) is 11.7. The highest BCUT2D eigenvalue weighted by molar-refractivity contribution is 5.98. The molecule has 0 amide bonds. The first-order valence-electron chi connectivity index (χ1n) is 7.97. The number of ether oxygens (including phenoxy) is 2. The minimum absolute atomic E-state index is 0.157. The van der Waals surface area contributed by atoms with E-state index < -0.39 is 0 Å². The summed E-state index contributed by atoms with van der Waals surface area (Å²) in [5, 5.41) is 0. The van der Waals surface area contributed by atoms with Gasteiger partial charge >= 0.3 is 0 Å². The Hall–Kier alpha value is -2.75. The van der Waals surface area contributed by atoms with E-state index in [0.717, 1.165) is 17.8 Å². The Morgan fingerprint density at radius 1 is 1.00 bits per heavy atom. The van der Waals surface area contributed by atoms with E-state index in [0.29, 0.717) is 24.5 Å². The van der Waals surface area contributed by atoms with E-state index in [1.54, 1.807) is 20.3 Å². The van der Waals surface area contributed by atoms with E-state index in [1.165, 1.54) is 5.56 Å². The number of nitrogens with zero attached hydrogens (tertiary/aromatic N) is 1. The fourth-order valence-corrected chi connectivity index (χ4v) is 2.91. The number of carbonyl (C=O) groups is 1. The Labute approximate surface area is 142 Å². The molecule has 4 heteroatoms.